The van der Waals surface area contributed by atoms with Crippen molar-refractivity contribution >= 4 is 11.9 Å². The number of carbonyl (C=O) groups is 2. The highest BCUT2D eigenvalue weighted by Crippen LogP contribution is 2.38. The van der Waals surface area contributed by atoms with Gasteiger partial charge in [-0.1, -0.05) is 0 Å². The zero-order valence-electron chi connectivity index (χ0n) is 11.4. The number of rotatable bonds is 7. The third-order valence-electron chi connectivity index (χ3n) is 3.90. The molecule has 1 N–H and O–H groups in total. The standard InChI is InChI=1S/C14H19N3O3/c1-2-3-7-14(15-16-14)8-6-12(18)17-9-4-5-11(17)10-13(19)20/h1,11H,3-10H2,(H,19,20). The Bertz CT molecular complexity index is 461. The molecule has 2 aliphatic rings. The van der Waals surface area contributed by atoms with E-state index in [1.54, 1.807) is 4.90 Å². The van der Waals surface area contributed by atoms with Crippen LogP contribution in [0.1, 0.15) is 44.9 Å². The number of terminal acetylenes is 1. The van der Waals surface area contributed by atoms with Crippen molar-refractivity contribution in [1.29, 1.82) is 0 Å². The molecule has 0 saturated carbocycles. The maximum absolute atomic E-state index is 12.2. The summed E-state index contributed by atoms with van der Waals surface area (Å²) < 4.78 is 0. The average Bonchev–Trinajstić information content (AvgIpc) is 3.04. The van der Waals surface area contributed by atoms with Crippen LogP contribution in [0.2, 0.25) is 0 Å². The van der Waals surface area contributed by atoms with Gasteiger partial charge in [-0.25, -0.2) is 0 Å². The molecule has 2 heterocycles. The topological polar surface area (TPSA) is 82.3 Å². The van der Waals surface area contributed by atoms with E-state index in [9.17, 15) is 9.59 Å². The first-order chi connectivity index (χ1) is 9.56. The first-order valence-corrected chi connectivity index (χ1v) is 6.95. The highest BCUT2D eigenvalue weighted by Gasteiger charge is 2.40. The predicted octanol–water partition coefficient (Wildman–Crippen LogP) is 1.81. The van der Waals surface area contributed by atoms with E-state index < -0.39 is 11.6 Å². The minimum absolute atomic E-state index is 0.00568. The molecule has 0 aliphatic carbocycles. The summed E-state index contributed by atoms with van der Waals surface area (Å²) in [5, 5.41) is 16.9. The summed E-state index contributed by atoms with van der Waals surface area (Å²) in [5.74, 6) is 1.71. The van der Waals surface area contributed by atoms with Gasteiger partial charge in [-0.3, -0.25) is 9.59 Å². The number of hydrogen-bond donors (Lipinski definition) is 1. The fourth-order valence-corrected chi connectivity index (χ4v) is 2.70. The monoisotopic (exact) mass is 277 g/mol. The van der Waals surface area contributed by atoms with E-state index in [1.807, 2.05) is 0 Å². The Balaban J connectivity index is 1.80. The van der Waals surface area contributed by atoms with Crippen LogP contribution in [-0.4, -0.2) is 40.1 Å². The van der Waals surface area contributed by atoms with Gasteiger partial charge in [-0.2, -0.15) is 10.2 Å². The number of likely N-dealkylation sites (tertiary alicyclic amines) is 1. The highest BCUT2D eigenvalue weighted by molar-refractivity contribution is 5.78. The summed E-state index contributed by atoms with van der Waals surface area (Å²) in [4.78, 5) is 24.7. The summed E-state index contributed by atoms with van der Waals surface area (Å²) in [6.07, 6.45) is 9.12. The van der Waals surface area contributed by atoms with Crippen LogP contribution in [0.15, 0.2) is 10.2 Å². The Morgan fingerprint density at radius 2 is 2.15 bits per heavy atom. The first kappa shape index (κ1) is 14.5. The summed E-state index contributed by atoms with van der Waals surface area (Å²) in [6, 6.07) is -0.158. The normalized spacial score (nSPS) is 22.6. The van der Waals surface area contributed by atoms with Crippen LogP contribution in [0, 0.1) is 12.3 Å². The van der Waals surface area contributed by atoms with Gasteiger partial charge in [0.1, 0.15) is 0 Å². The lowest BCUT2D eigenvalue weighted by Gasteiger charge is -2.24. The second kappa shape index (κ2) is 6.04. The molecule has 108 valence electrons. The largest absolute Gasteiger partial charge is 0.481 e. The molecule has 20 heavy (non-hydrogen) atoms. The molecule has 6 heteroatoms. The molecule has 1 unspecified atom stereocenters. The lowest BCUT2D eigenvalue weighted by Crippen LogP contribution is -2.37. The van der Waals surface area contributed by atoms with Gasteiger partial charge in [0.2, 0.25) is 5.91 Å². The van der Waals surface area contributed by atoms with Crippen LogP contribution in [-0.2, 0) is 9.59 Å². The Morgan fingerprint density at radius 3 is 2.75 bits per heavy atom. The Morgan fingerprint density at radius 1 is 1.40 bits per heavy atom. The third kappa shape index (κ3) is 3.56. The van der Waals surface area contributed by atoms with E-state index in [2.05, 4.69) is 16.1 Å². The fourth-order valence-electron chi connectivity index (χ4n) is 2.70. The molecule has 2 aliphatic heterocycles. The van der Waals surface area contributed by atoms with Gasteiger partial charge in [0.05, 0.1) is 6.42 Å². The number of carbonyl (C=O) groups excluding carboxylic acids is 1. The van der Waals surface area contributed by atoms with Crippen LogP contribution >= 0.6 is 0 Å². The minimum Gasteiger partial charge on any atom is -0.481 e. The van der Waals surface area contributed by atoms with Crippen LogP contribution in [0.4, 0.5) is 0 Å². The second-order valence-electron chi connectivity index (χ2n) is 5.37. The van der Waals surface area contributed by atoms with Crippen molar-refractivity contribution < 1.29 is 14.7 Å². The van der Waals surface area contributed by atoms with Crippen molar-refractivity contribution in [1.82, 2.24) is 4.90 Å². The van der Waals surface area contributed by atoms with E-state index in [4.69, 9.17) is 11.5 Å². The molecular formula is C14H19N3O3. The van der Waals surface area contributed by atoms with Crippen molar-refractivity contribution in [2.24, 2.45) is 10.2 Å². The average molecular weight is 277 g/mol. The van der Waals surface area contributed by atoms with E-state index >= 15 is 0 Å². The Labute approximate surface area is 118 Å². The third-order valence-corrected chi connectivity index (χ3v) is 3.90. The van der Waals surface area contributed by atoms with Crippen molar-refractivity contribution in [2.45, 2.75) is 56.7 Å². The van der Waals surface area contributed by atoms with Crippen molar-refractivity contribution in [3.63, 3.8) is 0 Å². The zero-order chi connectivity index (χ0) is 14.6. The van der Waals surface area contributed by atoms with Gasteiger partial charge in [-0.05, 0) is 12.8 Å². The highest BCUT2D eigenvalue weighted by atomic mass is 16.4. The molecule has 0 aromatic rings. The lowest BCUT2D eigenvalue weighted by molar-refractivity contribution is -0.140. The molecule has 1 atom stereocenters. The first-order valence-electron chi connectivity index (χ1n) is 6.95. The van der Waals surface area contributed by atoms with Gasteiger partial charge in [0.25, 0.3) is 0 Å². The molecule has 0 spiro atoms. The summed E-state index contributed by atoms with van der Waals surface area (Å²) in [5.41, 5.74) is -0.440. The molecule has 1 fully saturated rings. The Hall–Kier alpha value is -1.90. The predicted molar refractivity (Wildman–Crippen MR) is 71.9 cm³/mol. The maximum atomic E-state index is 12.2. The lowest BCUT2D eigenvalue weighted by atomic mass is 10.0. The summed E-state index contributed by atoms with van der Waals surface area (Å²) in [6.45, 7) is 0.655. The van der Waals surface area contributed by atoms with Gasteiger partial charge in [-0.15, -0.1) is 12.3 Å². The number of carboxylic acids is 1. The van der Waals surface area contributed by atoms with E-state index in [-0.39, 0.29) is 18.4 Å². The zero-order valence-corrected chi connectivity index (χ0v) is 11.4. The number of carboxylic acid groups (broad SMARTS) is 1. The number of hydrogen-bond acceptors (Lipinski definition) is 4. The number of aliphatic carboxylic acids is 1. The van der Waals surface area contributed by atoms with Gasteiger partial charge >= 0.3 is 5.97 Å². The molecule has 1 saturated heterocycles. The SMILES string of the molecule is C#CCCC1(CCC(=O)N2CCCC2CC(=O)O)N=N1. The smallest absolute Gasteiger partial charge is 0.305 e. The summed E-state index contributed by atoms with van der Waals surface area (Å²) in [7, 11) is 0. The quantitative estimate of drug-likeness (QED) is 0.720. The molecule has 0 radical (unpaired) electrons. The van der Waals surface area contributed by atoms with Crippen LogP contribution in [0.5, 0.6) is 0 Å². The van der Waals surface area contributed by atoms with Gasteiger partial charge in [0.15, 0.2) is 5.66 Å². The maximum Gasteiger partial charge on any atom is 0.305 e. The van der Waals surface area contributed by atoms with E-state index in [1.165, 1.54) is 0 Å². The van der Waals surface area contributed by atoms with Crippen molar-refractivity contribution in [3.8, 4) is 12.3 Å². The van der Waals surface area contributed by atoms with Crippen LogP contribution in [0.3, 0.4) is 0 Å². The molecule has 2 rings (SSSR count). The summed E-state index contributed by atoms with van der Waals surface area (Å²) >= 11 is 0. The molecule has 0 aromatic carbocycles. The molecular weight excluding hydrogens is 258 g/mol. The fraction of sp³-hybridized carbons (Fsp3) is 0.714. The second-order valence-corrected chi connectivity index (χ2v) is 5.37. The van der Waals surface area contributed by atoms with Crippen LogP contribution < -0.4 is 0 Å². The molecule has 0 bridgehead atoms. The van der Waals surface area contributed by atoms with E-state index in [0.717, 1.165) is 12.8 Å². The van der Waals surface area contributed by atoms with Crippen molar-refractivity contribution in [2.75, 3.05) is 6.54 Å². The number of nitrogens with zero attached hydrogens (tertiary/aromatic N) is 3. The minimum atomic E-state index is -0.854. The van der Waals surface area contributed by atoms with E-state index in [0.29, 0.717) is 32.2 Å². The van der Waals surface area contributed by atoms with Gasteiger partial charge in [0, 0.05) is 38.3 Å². The molecule has 6 nitrogen and oxygen atoms in total. The Kier molecular flexibility index (Phi) is 4.38. The molecule has 0 aromatic heterocycles. The molecule has 1 amide bonds. The van der Waals surface area contributed by atoms with Crippen LogP contribution in [0.25, 0.3) is 0 Å². The van der Waals surface area contributed by atoms with Gasteiger partial charge < -0.3 is 10.0 Å². The van der Waals surface area contributed by atoms with Crippen molar-refractivity contribution in [3.05, 3.63) is 0 Å². The number of amides is 1.